The highest BCUT2D eigenvalue weighted by Crippen LogP contribution is 2.44. The van der Waals surface area contributed by atoms with Crippen LogP contribution < -0.4 is 0 Å². The molecule has 2 aliphatic carbocycles. The van der Waals surface area contributed by atoms with Crippen molar-refractivity contribution in [3.63, 3.8) is 0 Å². The van der Waals surface area contributed by atoms with Crippen molar-refractivity contribution in [2.45, 2.75) is 72.0 Å². The average Bonchev–Trinajstić information content (AvgIpc) is 3.31. The van der Waals surface area contributed by atoms with Crippen molar-refractivity contribution in [3.8, 4) is 22.6 Å². The van der Waals surface area contributed by atoms with Crippen LogP contribution in [-0.2, 0) is 6.54 Å². The van der Waals surface area contributed by atoms with Crippen molar-refractivity contribution in [2.24, 2.45) is 17.8 Å². The van der Waals surface area contributed by atoms with Gasteiger partial charge in [0.05, 0.1) is 11.9 Å². The van der Waals surface area contributed by atoms with E-state index in [0.717, 1.165) is 58.6 Å². The number of carbonyl (C=O) groups excluding carboxylic acids is 1. The minimum atomic E-state index is 0.151. The van der Waals surface area contributed by atoms with Gasteiger partial charge in [0, 0.05) is 64.3 Å². The minimum absolute atomic E-state index is 0.151. The Labute approximate surface area is 240 Å². The number of rotatable bonds is 6. The number of benzene rings is 2. The molecule has 6 nitrogen and oxygen atoms in total. The molecule has 4 heterocycles. The first-order valence-electron chi connectivity index (χ1n) is 15.4. The van der Waals surface area contributed by atoms with Crippen LogP contribution in [0.15, 0.2) is 59.3 Å². The number of aryl methyl sites for hydroxylation is 1. The first kappa shape index (κ1) is 25.0. The molecular formula is C35H38N4O2. The zero-order valence-corrected chi connectivity index (χ0v) is 24.4. The van der Waals surface area contributed by atoms with E-state index >= 15 is 0 Å². The molecule has 2 unspecified atom stereocenters. The molecule has 3 atom stereocenters. The van der Waals surface area contributed by atoms with Crippen LogP contribution in [0, 0.1) is 24.7 Å². The van der Waals surface area contributed by atoms with Gasteiger partial charge in [-0.2, -0.15) is 5.10 Å². The molecule has 8 rings (SSSR count). The fourth-order valence-electron chi connectivity index (χ4n) is 7.46. The molecule has 0 spiro atoms. The highest BCUT2D eigenvalue weighted by Gasteiger charge is 2.46. The van der Waals surface area contributed by atoms with E-state index in [1.807, 2.05) is 23.0 Å². The Balaban J connectivity index is 1.19. The number of nitrogens with zero attached hydrogens (tertiary/aromatic N) is 4. The maximum Gasteiger partial charge on any atom is 0.254 e. The Morgan fingerprint density at radius 1 is 1.05 bits per heavy atom. The molecule has 5 aromatic rings. The molecule has 210 valence electrons. The fraction of sp³-hybridized carbons (Fsp3) is 0.429. The smallest absolute Gasteiger partial charge is 0.254 e. The summed E-state index contributed by atoms with van der Waals surface area (Å²) in [6.07, 6.45) is 9.05. The van der Waals surface area contributed by atoms with Gasteiger partial charge in [-0.3, -0.25) is 9.48 Å². The van der Waals surface area contributed by atoms with Gasteiger partial charge in [-0.25, -0.2) is 0 Å². The summed E-state index contributed by atoms with van der Waals surface area (Å²) in [6, 6.07) is 15.8. The van der Waals surface area contributed by atoms with Crippen LogP contribution in [0.1, 0.15) is 68.4 Å². The van der Waals surface area contributed by atoms with E-state index in [1.54, 1.807) is 0 Å². The van der Waals surface area contributed by atoms with E-state index in [1.165, 1.54) is 35.7 Å². The summed E-state index contributed by atoms with van der Waals surface area (Å²) < 4.78 is 11.1. The van der Waals surface area contributed by atoms with E-state index in [2.05, 4.69) is 78.8 Å². The lowest BCUT2D eigenvalue weighted by atomic mass is 10.0. The van der Waals surface area contributed by atoms with Crippen LogP contribution in [0.5, 0.6) is 0 Å². The number of likely N-dealkylation sites (tertiary alicyclic amines) is 1. The van der Waals surface area contributed by atoms with Gasteiger partial charge >= 0.3 is 0 Å². The van der Waals surface area contributed by atoms with E-state index in [0.29, 0.717) is 29.8 Å². The number of hydrogen-bond acceptors (Lipinski definition) is 3. The SMILES string of the molecule is Cc1c(-c2cc3ccc(-c4cnn(C(C)C)c4)cc3n2CC2CC2)oc2cc(C(=O)N3CC4CCC3[C@@H]4C)ccc12. The highest BCUT2D eigenvalue weighted by molar-refractivity contribution is 6.00. The first-order valence-corrected chi connectivity index (χ1v) is 15.4. The lowest BCUT2D eigenvalue weighted by Crippen LogP contribution is -2.38. The topological polar surface area (TPSA) is 56.2 Å². The molecule has 3 fully saturated rings. The summed E-state index contributed by atoms with van der Waals surface area (Å²) >= 11 is 0. The molecule has 1 saturated heterocycles. The molecule has 2 bridgehead atoms. The number of furan rings is 1. The zero-order valence-electron chi connectivity index (χ0n) is 24.4. The van der Waals surface area contributed by atoms with Crippen molar-refractivity contribution in [3.05, 3.63) is 66.0 Å². The number of piperidine rings is 1. The van der Waals surface area contributed by atoms with E-state index in [4.69, 9.17) is 4.42 Å². The van der Waals surface area contributed by atoms with Crippen LogP contribution >= 0.6 is 0 Å². The lowest BCUT2D eigenvalue weighted by Gasteiger charge is -2.27. The lowest BCUT2D eigenvalue weighted by molar-refractivity contribution is 0.0696. The summed E-state index contributed by atoms with van der Waals surface area (Å²) in [6.45, 7) is 10.6. The second kappa shape index (κ2) is 9.10. The van der Waals surface area contributed by atoms with Crippen LogP contribution in [0.4, 0.5) is 0 Å². The molecule has 41 heavy (non-hydrogen) atoms. The second-order valence-corrected chi connectivity index (χ2v) is 13.1. The van der Waals surface area contributed by atoms with Gasteiger partial charge in [0.2, 0.25) is 0 Å². The Hall–Kier alpha value is -3.80. The maximum absolute atomic E-state index is 13.5. The number of amides is 1. The van der Waals surface area contributed by atoms with Crippen LogP contribution in [0.2, 0.25) is 0 Å². The molecule has 0 radical (unpaired) electrons. The van der Waals surface area contributed by atoms with Gasteiger partial charge in [0.1, 0.15) is 5.58 Å². The predicted octanol–water partition coefficient (Wildman–Crippen LogP) is 8.09. The third kappa shape index (κ3) is 3.98. The van der Waals surface area contributed by atoms with Crippen LogP contribution in [-0.4, -0.2) is 37.7 Å². The largest absolute Gasteiger partial charge is 0.454 e. The average molecular weight is 547 g/mol. The Morgan fingerprint density at radius 2 is 1.90 bits per heavy atom. The van der Waals surface area contributed by atoms with Crippen molar-refractivity contribution < 1.29 is 9.21 Å². The standard InChI is InChI=1S/C35H38N4O2/c1-20(2)39-19-28(16-36-39)24-7-8-25-14-32(37(31(25)13-24)17-23-5-6-23)34-22(4)29-11-9-26(15-33(29)41-34)35(40)38-18-27-10-12-30(38)21(27)3/h7-9,11,13-16,19-21,23,27,30H,5-6,10,12,17-18H2,1-4H3/t21-,27?,30?/m1/s1. The molecule has 1 aliphatic heterocycles. The third-order valence-electron chi connectivity index (χ3n) is 10.2. The van der Waals surface area contributed by atoms with Gasteiger partial charge in [-0.1, -0.05) is 25.1 Å². The normalized spacial score (nSPS) is 22.2. The van der Waals surface area contributed by atoms with Gasteiger partial charge in [-0.05, 0) is 94.0 Å². The van der Waals surface area contributed by atoms with Crippen LogP contribution in [0.3, 0.4) is 0 Å². The van der Waals surface area contributed by atoms with Crippen molar-refractivity contribution >= 4 is 27.8 Å². The minimum Gasteiger partial charge on any atom is -0.454 e. The summed E-state index contributed by atoms with van der Waals surface area (Å²) in [5.41, 5.74) is 7.34. The van der Waals surface area contributed by atoms with Crippen molar-refractivity contribution in [1.82, 2.24) is 19.2 Å². The molecule has 2 saturated carbocycles. The van der Waals surface area contributed by atoms with Crippen LogP contribution in [0.25, 0.3) is 44.5 Å². The molecule has 3 aliphatic rings. The van der Waals surface area contributed by atoms with Gasteiger partial charge in [0.15, 0.2) is 5.76 Å². The third-order valence-corrected chi connectivity index (χ3v) is 10.2. The van der Waals surface area contributed by atoms with Gasteiger partial charge in [0.25, 0.3) is 5.91 Å². The highest BCUT2D eigenvalue weighted by atomic mass is 16.3. The number of aromatic nitrogens is 3. The number of fused-ring (bicyclic) bond motifs is 4. The molecule has 6 heteroatoms. The molecular weight excluding hydrogens is 508 g/mol. The predicted molar refractivity (Wildman–Crippen MR) is 163 cm³/mol. The fourth-order valence-corrected chi connectivity index (χ4v) is 7.46. The molecule has 0 N–H and O–H groups in total. The monoisotopic (exact) mass is 546 g/mol. The summed E-state index contributed by atoms with van der Waals surface area (Å²) in [5.74, 6) is 3.04. The maximum atomic E-state index is 13.5. The summed E-state index contributed by atoms with van der Waals surface area (Å²) in [7, 11) is 0. The number of carbonyl (C=O) groups is 1. The Morgan fingerprint density at radius 3 is 2.61 bits per heavy atom. The summed E-state index contributed by atoms with van der Waals surface area (Å²) in [5, 5.41) is 6.87. The molecule has 2 aromatic carbocycles. The summed E-state index contributed by atoms with van der Waals surface area (Å²) in [4.78, 5) is 15.7. The molecule has 1 amide bonds. The Kier molecular flexibility index (Phi) is 5.54. The van der Waals surface area contributed by atoms with Gasteiger partial charge < -0.3 is 13.9 Å². The van der Waals surface area contributed by atoms with E-state index in [-0.39, 0.29) is 5.91 Å². The van der Waals surface area contributed by atoms with Crippen molar-refractivity contribution in [2.75, 3.05) is 6.54 Å². The quantitative estimate of drug-likeness (QED) is 0.216. The Bertz CT molecular complexity index is 1820. The first-order chi connectivity index (χ1) is 19.9. The van der Waals surface area contributed by atoms with Gasteiger partial charge in [-0.15, -0.1) is 0 Å². The second-order valence-electron chi connectivity index (χ2n) is 13.1. The molecule has 3 aromatic heterocycles. The zero-order chi connectivity index (χ0) is 28.0. The number of hydrogen-bond donors (Lipinski definition) is 0. The van der Waals surface area contributed by atoms with Crippen molar-refractivity contribution in [1.29, 1.82) is 0 Å². The van der Waals surface area contributed by atoms with E-state index < -0.39 is 0 Å². The van der Waals surface area contributed by atoms with E-state index in [9.17, 15) is 4.79 Å².